The molecule has 0 spiro atoms. The van der Waals surface area contributed by atoms with Crippen molar-refractivity contribution in [3.63, 3.8) is 0 Å². The smallest absolute Gasteiger partial charge is 0.288 e. The fourth-order valence-corrected chi connectivity index (χ4v) is 4.96. The Morgan fingerprint density at radius 3 is 2.64 bits per heavy atom. The first-order valence-corrected chi connectivity index (χ1v) is 11.3. The maximum Gasteiger partial charge on any atom is 0.288 e. The molecule has 1 aliphatic heterocycles. The van der Waals surface area contributed by atoms with E-state index in [1.54, 1.807) is 37.1 Å². The van der Waals surface area contributed by atoms with Gasteiger partial charge in [-0.15, -0.1) is 0 Å². The van der Waals surface area contributed by atoms with Crippen molar-refractivity contribution in [3.05, 3.63) is 53.3 Å². The van der Waals surface area contributed by atoms with Crippen LogP contribution in [0.1, 0.15) is 40.9 Å². The van der Waals surface area contributed by atoms with Crippen molar-refractivity contribution in [3.8, 4) is 11.5 Å². The Morgan fingerprint density at radius 2 is 1.94 bits per heavy atom. The van der Waals surface area contributed by atoms with Crippen LogP contribution in [0, 0.1) is 11.8 Å². The Hall–Kier alpha value is -3.42. The summed E-state index contributed by atoms with van der Waals surface area (Å²) in [4.78, 5) is 27.7. The minimum Gasteiger partial charge on any atom is -0.493 e. The van der Waals surface area contributed by atoms with E-state index in [0.717, 1.165) is 36.8 Å². The largest absolute Gasteiger partial charge is 0.493 e. The summed E-state index contributed by atoms with van der Waals surface area (Å²) in [5, 5.41) is 11.9. The van der Waals surface area contributed by atoms with Crippen molar-refractivity contribution < 1.29 is 28.8 Å². The van der Waals surface area contributed by atoms with Gasteiger partial charge in [-0.25, -0.2) is 0 Å². The van der Waals surface area contributed by atoms with E-state index in [1.807, 2.05) is 23.1 Å². The summed E-state index contributed by atoms with van der Waals surface area (Å²) in [5.41, 5.74) is 2.43. The average molecular weight is 453 g/mol. The number of fused-ring (bicyclic) bond motifs is 1. The molecule has 33 heavy (non-hydrogen) atoms. The van der Waals surface area contributed by atoms with Gasteiger partial charge in [-0.1, -0.05) is 5.16 Å². The number of hydrogen-bond acceptors (Lipinski definition) is 6. The molecular weight excluding hydrogens is 422 g/mol. The average Bonchev–Trinajstić information content (AvgIpc) is 3.14. The highest BCUT2D eigenvalue weighted by molar-refractivity contribution is 6.02. The minimum absolute atomic E-state index is 0.0238. The number of benzene rings is 1. The Morgan fingerprint density at radius 1 is 1.21 bits per heavy atom. The van der Waals surface area contributed by atoms with Crippen molar-refractivity contribution in [2.75, 3.05) is 27.3 Å². The number of nitrogens with zero attached hydrogens (tertiary/aromatic N) is 3. The maximum atomic E-state index is 13.0. The van der Waals surface area contributed by atoms with Crippen LogP contribution in [-0.4, -0.2) is 55.3 Å². The van der Waals surface area contributed by atoms with Crippen LogP contribution in [0.3, 0.4) is 0 Å². The number of pyridine rings is 1. The van der Waals surface area contributed by atoms with E-state index in [1.165, 1.54) is 6.21 Å². The van der Waals surface area contributed by atoms with E-state index in [-0.39, 0.29) is 24.2 Å². The molecule has 0 bridgehead atoms. The molecule has 1 aromatic heterocycles. The lowest BCUT2D eigenvalue weighted by Gasteiger charge is -2.32. The number of carbonyl (C=O) groups excluding carboxylic acids is 2. The van der Waals surface area contributed by atoms with Gasteiger partial charge in [-0.3, -0.25) is 9.59 Å². The number of rotatable bonds is 7. The van der Waals surface area contributed by atoms with E-state index >= 15 is 0 Å². The number of ether oxygens (including phenoxy) is 2. The second-order valence-corrected chi connectivity index (χ2v) is 8.69. The summed E-state index contributed by atoms with van der Waals surface area (Å²) >= 11 is 0. The molecule has 2 aromatic rings. The van der Waals surface area contributed by atoms with Crippen LogP contribution in [0.4, 0.5) is 0 Å². The van der Waals surface area contributed by atoms with E-state index in [2.05, 4.69) is 5.16 Å². The molecule has 1 saturated heterocycles. The predicted molar refractivity (Wildman–Crippen MR) is 121 cm³/mol. The van der Waals surface area contributed by atoms with Crippen LogP contribution in [0.15, 0.2) is 41.7 Å². The summed E-state index contributed by atoms with van der Waals surface area (Å²) in [6, 6.07) is 9.19. The quantitative estimate of drug-likeness (QED) is 0.302. The van der Waals surface area contributed by atoms with Crippen LogP contribution < -0.4 is 14.0 Å². The van der Waals surface area contributed by atoms with E-state index in [9.17, 15) is 9.59 Å². The molecule has 1 fully saturated rings. The van der Waals surface area contributed by atoms with Crippen LogP contribution in [0.25, 0.3) is 0 Å². The van der Waals surface area contributed by atoms with Gasteiger partial charge in [-0.2, -0.15) is 4.57 Å². The predicted octanol–water partition coefficient (Wildman–Crippen LogP) is 2.48. The van der Waals surface area contributed by atoms with Crippen LogP contribution in [0.2, 0.25) is 0 Å². The molecule has 0 saturated carbocycles. The number of Topliss-reactive ketones (excluding diaryl/α,β-unsaturated/α-hetero) is 1. The molecule has 8 heteroatoms. The van der Waals surface area contributed by atoms with Gasteiger partial charge >= 0.3 is 0 Å². The summed E-state index contributed by atoms with van der Waals surface area (Å²) < 4.78 is 12.5. The van der Waals surface area contributed by atoms with Gasteiger partial charge in [0.15, 0.2) is 23.5 Å². The molecule has 1 N–H and O–H groups in total. The fourth-order valence-electron chi connectivity index (χ4n) is 4.96. The number of aromatic nitrogens is 1. The molecule has 2 aliphatic rings. The zero-order valence-corrected chi connectivity index (χ0v) is 19.1. The molecule has 8 nitrogen and oxygen atoms in total. The van der Waals surface area contributed by atoms with Gasteiger partial charge in [0.1, 0.15) is 6.21 Å². The molecule has 4 rings (SSSR count). The third-order valence-electron chi connectivity index (χ3n) is 6.77. The lowest BCUT2D eigenvalue weighted by molar-refractivity contribution is -0.686. The molecule has 1 aromatic carbocycles. The molecule has 0 radical (unpaired) electrons. The molecule has 2 heterocycles. The van der Waals surface area contributed by atoms with Gasteiger partial charge < -0.3 is 19.6 Å². The molecular formula is C25H30N3O5+. The zero-order chi connectivity index (χ0) is 23.4. The SMILES string of the molecule is COc1cc2c(cc1OC)C(=O)C(CC1CCN(C(=O)C[n+]3ccccc3/C=N/O)CC1)C2. The first kappa shape index (κ1) is 22.8. The molecule has 1 unspecified atom stereocenters. The summed E-state index contributed by atoms with van der Waals surface area (Å²) in [6.45, 7) is 1.58. The van der Waals surface area contributed by atoms with Crippen LogP contribution >= 0.6 is 0 Å². The summed E-state index contributed by atoms with van der Waals surface area (Å²) in [6.07, 6.45) is 6.47. The lowest BCUT2D eigenvalue weighted by Crippen LogP contribution is -2.49. The Labute approximate surface area is 193 Å². The Kier molecular flexibility index (Phi) is 6.91. The highest BCUT2D eigenvalue weighted by Gasteiger charge is 2.35. The summed E-state index contributed by atoms with van der Waals surface area (Å²) in [5.74, 6) is 1.86. The van der Waals surface area contributed by atoms with E-state index < -0.39 is 0 Å². The topological polar surface area (TPSA) is 92.3 Å². The van der Waals surface area contributed by atoms with Crippen LogP contribution in [0.5, 0.6) is 11.5 Å². The molecule has 174 valence electrons. The number of methoxy groups -OCH3 is 2. The lowest BCUT2D eigenvalue weighted by atomic mass is 9.85. The van der Waals surface area contributed by atoms with Gasteiger partial charge in [0.2, 0.25) is 12.2 Å². The third kappa shape index (κ3) is 4.84. The van der Waals surface area contributed by atoms with Gasteiger partial charge in [0.05, 0.1) is 14.2 Å². The monoisotopic (exact) mass is 452 g/mol. The highest BCUT2D eigenvalue weighted by atomic mass is 16.5. The standard InChI is InChI=1S/C25H29N3O5/c1-32-22-13-18-12-19(25(30)21(18)14-23(22)33-2)11-17-6-9-27(10-7-17)24(29)16-28-8-4-3-5-20(28)15-26-31/h3-5,8,13-15,17,19H,6-7,9-12,16H2,1-2H3/p+1. The molecule has 1 aliphatic carbocycles. The maximum absolute atomic E-state index is 13.0. The zero-order valence-electron chi connectivity index (χ0n) is 19.1. The number of amides is 1. The fraction of sp³-hybridized carbons (Fsp3) is 0.440. The van der Waals surface area contributed by atoms with Gasteiger partial charge in [0.25, 0.3) is 5.91 Å². The minimum atomic E-state index is -0.0238. The van der Waals surface area contributed by atoms with Crippen molar-refractivity contribution in [2.45, 2.75) is 32.2 Å². The first-order chi connectivity index (χ1) is 16.0. The summed E-state index contributed by atoms with van der Waals surface area (Å²) in [7, 11) is 3.18. The van der Waals surface area contributed by atoms with Crippen molar-refractivity contribution in [2.24, 2.45) is 17.0 Å². The van der Waals surface area contributed by atoms with Crippen molar-refractivity contribution >= 4 is 17.9 Å². The first-order valence-electron chi connectivity index (χ1n) is 11.3. The molecule has 1 atom stereocenters. The normalized spacial score (nSPS) is 18.5. The number of ketones is 1. The van der Waals surface area contributed by atoms with E-state index in [0.29, 0.717) is 36.2 Å². The van der Waals surface area contributed by atoms with Gasteiger partial charge in [-0.05, 0) is 55.4 Å². The van der Waals surface area contributed by atoms with Gasteiger partial charge in [0, 0.05) is 36.7 Å². The highest BCUT2D eigenvalue weighted by Crippen LogP contribution is 2.39. The number of oxime groups is 1. The second-order valence-electron chi connectivity index (χ2n) is 8.69. The van der Waals surface area contributed by atoms with Crippen molar-refractivity contribution in [1.82, 2.24) is 4.90 Å². The number of carbonyl (C=O) groups is 2. The Balaban J connectivity index is 1.32. The third-order valence-corrected chi connectivity index (χ3v) is 6.77. The molecule has 1 amide bonds. The number of likely N-dealkylation sites (tertiary alicyclic amines) is 1. The Bertz CT molecular complexity index is 1060. The van der Waals surface area contributed by atoms with Crippen molar-refractivity contribution in [1.29, 1.82) is 0 Å². The van der Waals surface area contributed by atoms with E-state index in [4.69, 9.17) is 14.7 Å². The number of hydrogen-bond donors (Lipinski definition) is 1. The number of piperidine rings is 1. The second kappa shape index (κ2) is 10.0. The van der Waals surface area contributed by atoms with Crippen LogP contribution in [-0.2, 0) is 17.8 Å².